The Hall–Kier alpha value is -3.35. The van der Waals surface area contributed by atoms with E-state index in [-0.39, 0.29) is 33.8 Å². The quantitative estimate of drug-likeness (QED) is 0.279. The van der Waals surface area contributed by atoms with Crippen molar-refractivity contribution < 1.29 is 49.6 Å². The Morgan fingerprint density at radius 2 is 1.59 bits per heavy atom. The Kier molecular flexibility index (Phi) is 5.67. The zero-order valence-corrected chi connectivity index (χ0v) is 16.3. The molecule has 1 aromatic heterocycles. The van der Waals surface area contributed by atoms with Crippen molar-refractivity contribution in [2.75, 3.05) is 6.61 Å². The molecule has 0 radical (unpaired) electrons. The molecule has 0 unspecified atom stereocenters. The predicted molar refractivity (Wildman–Crippen MR) is 107 cm³/mol. The van der Waals surface area contributed by atoms with Gasteiger partial charge in [-0.25, -0.2) is 0 Å². The standard InChI is InChI=1S/C21H20O11/c22-7-13-15(26)17(28)18(29)21(31-13)32-20-16(27)14-11(25)5-10(24)6-12(14)30-19(20)8-1-3-9(23)4-2-8/h1-6,13,15,17-18,21-26,28-29H,7H2/t13-,15+,17-,18-,21-/m1/s1. The van der Waals surface area contributed by atoms with E-state index in [1.165, 1.54) is 24.3 Å². The van der Waals surface area contributed by atoms with Crippen molar-refractivity contribution in [3.8, 4) is 34.3 Å². The normalized spacial score (nSPS) is 25.7. The van der Waals surface area contributed by atoms with Crippen molar-refractivity contribution in [2.24, 2.45) is 0 Å². The lowest BCUT2D eigenvalue weighted by Gasteiger charge is -2.39. The Morgan fingerprint density at radius 1 is 0.906 bits per heavy atom. The van der Waals surface area contributed by atoms with Crippen LogP contribution >= 0.6 is 0 Å². The van der Waals surface area contributed by atoms with Gasteiger partial charge in [0.25, 0.3) is 0 Å². The highest BCUT2D eigenvalue weighted by molar-refractivity contribution is 5.88. The lowest BCUT2D eigenvalue weighted by Crippen LogP contribution is -2.60. The number of aromatic hydroxyl groups is 3. The van der Waals surface area contributed by atoms with E-state index in [4.69, 9.17) is 13.9 Å². The van der Waals surface area contributed by atoms with Crippen LogP contribution in [0.25, 0.3) is 22.3 Å². The third-order valence-corrected chi connectivity index (χ3v) is 5.13. The monoisotopic (exact) mass is 448 g/mol. The summed E-state index contributed by atoms with van der Waals surface area (Å²) >= 11 is 0. The Balaban J connectivity index is 1.89. The highest BCUT2D eigenvalue weighted by Gasteiger charge is 2.45. The fourth-order valence-electron chi connectivity index (χ4n) is 3.46. The molecule has 0 saturated carbocycles. The molecule has 1 saturated heterocycles. The molecule has 11 nitrogen and oxygen atoms in total. The van der Waals surface area contributed by atoms with E-state index in [1.54, 1.807) is 0 Å². The van der Waals surface area contributed by atoms with Crippen molar-refractivity contribution in [3.63, 3.8) is 0 Å². The fourth-order valence-corrected chi connectivity index (χ4v) is 3.46. The smallest absolute Gasteiger partial charge is 0.239 e. The number of aliphatic hydroxyl groups excluding tert-OH is 4. The SMILES string of the molecule is O=c1c(O[C@H]2O[C@H](CO)[C@H](O)[C@@H](O)[C@H]2O)c(-c2ccc(O)cc2)oc2cc(O)cc(O)c12. The highest BCUT2D eigenvalue weighted by atomic mass is 16.7. The van der Waals surface area contributed by atoms with Gasteiger partial charge in [-0.2, -0.15) is 0 Å². The maximum atomic E-state index is 13.2. The number of fused-ring (bicyclic) bond motifs is 1. The summed E-state index contributed by atoms with van der Waals surface area (Å²) in [6.07, 6.45) is -8.16. The second-order valence-electron chi connectivity index (χ2n) is 7.29. The first-order chi connectivity index (χ1) is 15.2. The largest absolute Gasteiger partial charge is 0.508 e. The molecular formula is C21H20O11. The van der Waals surface area contributed by atoms with E-state index in [0.717, 1.165) is 12.1 Å². The molecule has 1 aliphatic heterocycles. The first kappa shape index (κ1) is 21.9. The van der Waals surface area contributed by atoms with Crippen LogP contribution in [0, 0.1) is 0 Å². The lowest BCUT2D eigenvalue weighted by atomic mass is 9.99. The predicted octanol–water partition coefficient (Wildman–Crippen LogP) is -0.244. The fraction of sp³-hybridized carbons (Fsp3) is 0.286. The third-order valence-electron chi connectivity index (χ3n) is 5.13. The molecule has 4 rings (SSSR count). The molecule has 0 spiro atoms. The van der Waals surface area contributed by atoms with Crippen LogP contribution in [0.1, 0.15) is 0 Å². The van der Waals surface area contributed by atoms with Crippen molar-refractivity contribution in [2.45, 2.75) is 30.7 Å². The number of phenols is 3. The number of phenolic OH excluding ortho intramolecular Hbond substituents is 3. The van der Waals surface area contributed by atoms with Gasteiger partial charge in [0.1, 0.15) is 52.6 Å². The minimum absolute atomic E-state index is 0.0661. The van der Waals surface area contributed by atoms with Crippen LogP contribution in [-0.2, 0) is 4.74 Å². The molecule has 0 amide bonds. The number of aliphatic hydroxyl groups is 4. The van der Waals surface area contributed by atoms with Crippen LogP contribution in [0.3, 0.4) is 0 Å². The summed E-state index contributed by atoms with van der Waals surface area (Å²) in [6, 6.07) is 7.48. The second-order valence-corrected chi connectivity index (χ2v) is 7.29. The van der Waals surface area contributed by atoms with Crippen molar-refractivity contribution in [1.29, 1.82) is 0 Å². The van der Waals surface area contributed by atoms with Crippen LogP contribution in [0.15, 0.2) is 45.6 Å². The topological polar surface area (TPSA) is 190 Å². The van der Waals surface area contributed by atoms with Gasteiger partial charge < -0.3 is 49.6 Å². The number of benzene rings is 2. The van der Waals surface area contributed by atoms with Crippen LogP contribution in [0.5, 0.6) is 23.0 Å². The zero-order valence-electron chi connectivity index (χ0n) is 16.3. The average molecular weight is 448 g/mol. The molecular weight excluding hydrogens is 428 g/mol. The summed E-state index contributed by atoms with van der Waals surface area (Å²) in [5, 5.41) is 68.8. The van der Waals surface area contributed by atoms with Crippen LogP contribution in [0.4, 0.5) is 0 Å². The van der Waals surface area contributed by atoms with E-state index in [2.05, 4.69) is 0 Å². The van der Waals surface area contributed by atoms with Crippen LogP contribution in [0.2, 0.25) is 0 Å². The first-order valence-corrected chi connectivity index (χ1v) is 9.50. The van der Waals surface area contributed by atoms with E-state index in [0.29, 0.717) is 0 Å². The molecule has 0 bridgehead atoms. The summed E-state index contributed by atoms with van der Waals surface area (Å²) in [4.78, 5) is 13.2. The summed E-state index contributed by atoms with van der Waals surface area (Å²) < 4.78 is 16.6. The van der Waals surface area contributed by atoms with Crippen LogP contribution < -0.4 is 10.2 Å². The zero-order chi connectivity index (χ0) is 23.2. The van der Waals surface area contributed by atoms with Crippen molar-refractivity contribution in [1.82, 2.24) is 0 Å². The molecule has 2 aromatic carbocycles. The van der Waals surface area contributed by atoms with Gasteiger partial charge in [0.15, 0.2) is 5.76 Å². The van der Waals surface area contributed by atoms with E-state index < -0.39 is 54.2 Å². The molecule has 32 heavy (non-hydrogen) atoms. The average Bonchev–Trinajstić information content (AvgIpc) is 2.75. The Morgan fingerprint density at radius 3 is 2.25 bits per heavy atom. The maximum absolute atomic E-state index is 13.2. The van der Waals surface area contributed by atoms with Gasteiger partial charge in [0.2, 0.25) is 17.5 Å². The first-order valence-electron chi connectivity index (χ1n) is 9.50. The van der Waals surface area contributed by atoms with Crippen molar-refractivity contribution in [3.05, 3.63) is 46.6 Å². The second kappa shape index (κ2) is 8.30. The third kappa shape index (κ3) is 3.72. The molecule has 3 aromatic rings. The van der Waals surface area contributed by atoms with E-state index >= 15 is 0 Å². The Labute approximate surface area is 179 Å². The summed E-state index contributed by atoms with van der Waals surface area (Å²) in [5.41, 5.74) is -0.801. The van der Waals surface area contributed by atoms with Gasteiger partial charge in [-0.15, -0.1) is 0 Å². The summed E-state index contributed by atoms with van der Waals surface area (Å²) in [6.45, 7) is -0.706. The summed E-state index contributed by atoms with van der Waals surface area (Å²) in [7, 11) is 0. The summed E-state index contributed by atoms with van der Waals surface area (Å²) in [5.74, 6) is -1.73. The van der Waals surface area contributed by atoms with E-state index in [9.17, 15) is 40.5 Å². The van der Waals surface area contributed by atoms with Gasteiger partial charge in [-0.3, -0.25) is 4.79 Å². The minimum Gasteiger partial charge on any atom is -0.508 e. The molecule has 2 heterocycles. The number of rotatable bonds is 4. The molecule has 5 atom stereocenters. The Bertz CT molecular complexity index is 1190. The van der Waals surface area contributed by atoms with Gasteiger partial charge in [0, 0.05) is 17.7 Å². The lowest BCUT2D eigenvalue weighted by molar-refractivity contribution is -0.277. The van der Waals surface area contributed by atoms with Gasteiger partial charge in [0.05, 0.1) is 6.61 Å². The molecule has 1 fully saturated rings. The van der Waals surface area contributed by atoms with Crippen LogP contribution in [-0.4, -0.2) is 73.1 Å². The minimum atomic E-state index is -1.80. The van der Waals surface area contributed by atoms with E-state index in [1.807, 2.05) is 0 Å². The number of hydrogen-bond donors (Lipinski definition) is 7. The molecule has 11 heteroatoms. The maximum Gasteiger partial charge on any atom is 0.239 e. The highest BCUT2D eigenvalue weighted by Crippen LogP contribution is 2.37. The van der Waals surface area contributed by atoms with Crippen molar-refractivity contribution >= 4 is 11.0 Å². The molecule has 0 aliphatic carbocycles. The van der Waals surface area contributed by atoms with Gasteiger partial charge in [-0.05, 0) is 24.3 Å². The number of ether oxygens (including phenoxy) is 2. The molecule has 170 valence electrons. The molecule has 7 N–H and O–H groups in total. The van der Waals surface area contributed by atoms with Gasteiger partial charge >= 0.3 is 0 Å². The van der Waals surface area contributed by atoms with Gasteiger partial charge in [-0.1, -0.05) is 0 Å². The number of hydrogen-bond acceptors (Lipinski definition) is 11. The molecule has 1 aliphatic rings.